The van der Waals surface area contributed by atoms with E-state index in [0.29, 0.717) is 5.92 Å². The summed E-state index contributed by atoms with van der Waals surface area (Å²) in [7, 11) is 0. The summed E-state index contributed by atoms with van der Waals surface area (Å²) in [6, 6.07) is 3.16. The van der Waals surface area contributed by atoms with Crippen molar-refractivity contribution in [1.29, 1.82) is 0 Å². The third-order valence-corrected chi connectivity index (χ3v) is 3.43. The first-order valence-corrected chi connectivity index (χ1v) is 6.09. The molecule has 1 saturated heterocycles. The van der Waals surface area contributed by atoms with E-state index in [4.69, 9.17) is 0 Å². The summed E-state index contributed by atoms with van der Waals surface area (Å²) in [5, 5.41) is 10.6. The van der Waals surface area contributed by atoms with Gasteiger partial charge in [-0.1, -0.05) is 0 Å². The van der Waals surface area contributed by atoms with E-state index >= 15 is 0 Å². The monoisotopic (exact) mass is 232 g/mol. The lowest BCUT2D eigenvalue weighted by atomic mass is 9.94. The van der Waals surface area contributed by atoms with Gasteiger partial charge in [0.05, 0.1) is 0 Å². The first-order chi connectivity index (χ1) is 8.33. The van der Waals surface area contributed by atoms with Crippen LogP contribution >= 0.6 is 0 Å². The number of rotatable bonds is 2. The predicted molar refractivity (Wildman–Crippen MR) is 65.1 cm³/mol. The van der Waals surface area contributed by atoms with Crippen molar-refractivity contribution >= 4 is 5.65 Å². The van der Waals surface area contributed by atoms with Crippen LogP contribution in [-0.4, -0.2) is 27.7 Å². The second-order valence-corrected chi connectivity index (χ2v) is 4.66. The molecule has 0 saturated carbocycles. The Morgan fingerprint density at radius 3 is 3.06 bits per heavy atom. The number of nitrogens with one attached hydrogen (secondary N) is 2. The SMILES string of the molecule is O=c1ccn2c(CC3CCNCC3)n[nH]c2c1. The van der Waals surface area contributed by atoms with Gasteiger partial charge in [-0.25, -0.2) is 0 Å². The fourth-order valence-electron chi connectivity index (χ4n) is 2.46. The fourth-order valence-corrected chi connectivity index (χ4v) is 2.46. The van der Waals surface area contributed by atoms with Gasteiger partial charge in [0.25, 0.3) is 0 Å². The van der Waals surface area contributed by atoms with Gasteiger partial charge < -0.3 is 5.32 Å². The average molecular weight is 232 g/mol. The van der Waals surface area contributed by atoms with E-state index in [0.717, 1.165) is 31.0 Å². The lowest BCUT2D eigenvalue weighted by Crippen LogP contribution is -2.29. The van der Waals surface area contributed by atoms with Crippen molar-refractivity contribution in [3.05, 3.63) is 34.4 Å². The van der Waals surface area contributed by atoms with Gasteiger partial charge in [-0.3, -0.25) is 14.3 Å². The molecule has 3 rings (SSSR count). The largest absolute Gasteiger partial charge is 0.317 e. The summed E-state index contributed by atoms with van der Waals surface area (Å²) in [5.74, 6) is 1.72. The Morgan fingerprint density at radius 1 is 1.41 bits per heavy atom. The molecule has 0 radical (unpaired) electrons. The predicted octanol–water partition coefficient (Wildman–Crippen LogP) is 0.565. The third kappa shape index (κ3) is 2.10. The molecule has 0 amide bonds. The second-order valence-electron chi connectivity index (χ2n) is 4.66. The molecule has 5 nitrogen and oxygen atoms in total. The molecule has 2 aromatic rings. The van der Waals surface area contributed by atoms with E-state index < -0.39 is 0 Å². The average Bonchev–Trinajstić information content (AvgIpc) is 2.73. The summed E-state index contributed by atoms with van der Waals surface area (Å²) in [6.07, 6.45) is 5.19. The Hall–Kier alpha value is -1.62. The molecule has 2 aromatic heterocycles. The zero-order valence-electron chi connectivity index (χ0n) is 9.65. The van der Waals surface area contributed by atoms with Crippen LogP contribution in [0.15, 0.2) is 23.1 Å². The Labute approximate surface area is 98.9 Å². The first kappa shape index (κ1) is 10.5. The van der Waals surface area contributed by atoms with Gasteiger partial charge in [0, 0.05) is 24.8 Å². The van der Waals surface area contributed by atoms with Crippen LogP contribution in [-0.2, 0) is 6.42 Å². The summed E-state index contributed by atoms with van der Waals surface area (Å²) < 4.78 is 1.98. The molecular weight excluding hydrogens is 216 g/mol. The van der Waals surface area contributed by atoms with E-state index in [9.17, 15) is 4.79 Å². The summed E-state index contributed by atoms with van der Waals surface area (Å²) in [6.45, 7) is 2.20. The highest BCUT2D eigenvalue weighted by molar-refractivity contribution is 5.37. The molecule has 0 bridgehead atoms. The van der Waals surface area contributed by atoms with Crippen LogP contribution in [0.3, 0.4) is 0 Å². The zero-order valence-corrected chi connectivity index (χ0v) is 9.65. The molecule has 0 unspecified atom stereocenters. The van der Waals surface area contributed by atoms with Crippen LogP contribution in [0.2, 0.25) is 0 Å². The number of nitrogens with zero attached hydrogens (tertiary/aromatic N) is 2. The second kappa shape index (κ2) is 4.33. The van der Waals surface area contributed by atoms with Crippen molar-refractivity contribution in [1.82, 2.24) is 19.9 Å². The highest BCUT2D eigenvalue weighted by Crippen LogP contribution is 2.17. The smallest absolute Gasteiger partial charge is 0.183 e. The minimum absolute atomic E-state index is 0.0158. The number of pyridine rings is 1. The summed E-state index contributed by atoms with van der Waals surface area (Å²) >= 11 is 0. The lowest BCUT2D eigenvalue weighted by Gasteiger charge is -2.21. The van der Waals surface area contributed by atoms with Crippen molar-refractivity contribution in [2.24, 2.45) is 5.92 Å². The van der Waals surface area contributed by atoms with E-state index in [1.54, 1.807) is 18.3 Å². The van der Waals surface area contributed by atoms with E-state index in [1.165, 1.54) is 12.8 Å². The Morgan fingerprint density at radius 2 is 2.24 bits per heavy atom. The molecule has 17 heavy (non-hydrogen) atoms. The van der Waals surface area contributed by atoms with Crippen LogP contribution in [0.5, 0.6) is 0 Å². The Kier molecular flexibility index (Phi) is 2.68. The molecule has 0 spiro atoms. The van der Waals surface area contributed by atoms with E-state index in [-0.39, 0.29) is 5.43 Å². The van der Waals surface area contributed by atoms with Gasteiger partial charge in [-0.2, -0.15) is 5.10 Å². The maximum atomic E-state index is 11.2. The normalized spacial score (nSPS) is 17.6. The van der Waals surface area contributed by atoms with Crippen molar-refractivity contribution < 1.29 is 0 Å². The maximum absolute atomic E-state index is 11.2. The van der Waals surface area contributed by atoms with Gasteiger partial charge in [0.15, 0.2) is 5.43 Å². The van der Waals surface area contributed by atoms with Crippen LogP contribution in [0.4, 0.5) is 0 Å². The van der Waals surface area contributed by atoms with Gasteiger partial charge in [0.2, 0.25) is 0 Å². The quantitative estimate of drug-likeness (QED) is 0.795. The zero-order chi connectivity index (χ0) is 11.7. The molecule has 0 atom stereocenters. The van der Waals surface area contributed by atoms with E-state index in [2.05, 4.69) is 15.5 Å². The van der Waals surface area contributed by atoms with Gasteiger partial charge in [0.1, 0.15) is 11.5 Å². The topological polar surface area (TPSA) is 62.2 Å². The molecule has 1 fully saturated rings. The molecule has 1 aliphatic rings. The van der Waals surface area contributed by atoms with Crippen molar-refractivity contribution in [3.63, 3.8) is 0 Å². The fraction of sp³-hybridized carbons (Fsp3) is 0.500. The minimum atomic E-state index is 0.0158. The highest BCUT2D eigenvalue weighted by Gasteiger charge is 2.16. The van der Waals surface area contributed by atoms with Gasteiger partial charge >= 0.3 is 0 Å². The number of fused-ring (bicyclic) bond motifs is 1. The van der Waals surface area contributed by atoms with Crippen molar-refractivity contribution in [2.75, 3.05) is 13.1 Å². The first-order valence-electron chi connectivity index (χ1n) is 6.09. The summed E-state index contributed by atoms with van der Waals surface area (Å²) in [5.41, 5.74) is 0.795. The Balaban J connectivity index is 1.87. The lowest BCUT2D eigenvalue weighted by molar-refractivity contribution is 0.366. The summed E-state index contributed by atoms with van der Waals surface area (Å²) in [4.78, 5) is 11.2. The number of piperidine rings is 1. The molecule has 0 aromatic carbocycles. The van der Waals surface area contributed by atoms with Gasteiger partial charge in [-0.05, 0) is 31.8 Å². The van der Waals surface area contributed by atoms with Crippen LogP contribution < -0.4 is 10.7 Å². The maximum Gasteiger partial charge on any atom is 0.183 e. The minimum Gasteiger partial charge on any atom is -0.317 e. The standard InChI is InChI=1S/C12H16N4O/c17-10-3-6-16-11(14-15-12(16)8-10)7-9-1-4-13-5-2-9/h3,6,8-9,13,15H,1-2,4-5,7H2. The number of aromatic nitrogens is 3. The van der Waals surface area contributed by atoms with Crippen LogP contribution in [0.25, 0.3) is 5.65 Å². The number of H-pyrrole nitrogens is 1. The number of hydrogen-bond acceptors (Lipinski definition) is 3. The highest BCUT2D eigenvalue weighted by atomic mass is 16.1. The molecule has 5 heteroatoms. The third-order valence-electron chi connectivity index (χ3n) is 3.43. The number of aromatic amines is 1. The Bertz CT molecular complexity index is 565. The van der Waals surface area contributed by atoms with Crippen molar-refractivity contribution in [2.45, 2.75) is 19.3 Å². The molecular formula is C12H16N4O. The molecule has 90 valence electrons. The molecule has 0 aliphatic carbocycles. The molecule has 3 heterocycles. The van der Waals surface area contributed by atoms with Crippen LogP contribution in [0, 0.1) is 5.92 Å². The molecule has 1 aliphatic heterocycles. The van der Waals surface area contributed by atoms with Crippen molar-refractivity contribution in [3.8, 4) is 0 Å². The van der Waals surface area contributed by atoms with Gasteiger partial charge in [-0.15, -0.1) is 0 Å². The molecule has 2 N–H and O–H groups in total. The van der Waals surface area contributed by atoms with E-state index in [1.807, 2.05) is 4.40 Å². The van der Waals surface area contributed by atoms with Crippen LogP contribution in [0.1, 0.15) is 18.7 Å². The number of hydrogen-bond donors (Lipinski definition) is 2.